The van der Waals surface area contributed by atoms with Gasteiger partial charge in [-0.3, -0.25) is 0 Å². The molecule has 0 bridgehead atoms. The maximum absolute atomic E-state index is 10.7. The molecule has 3 N–H and O–H groups in total. The van der Waals surface area contributed by atoms with Crippen LogP contribution in [0.2, 0.25) is 0 Å². The molecular weight excluding hydrogens is 445 g/mol. The zero-order valence-corrected chi connectivity index (χ0v) is 18.2. The summed E-state index contributed by atoms with van der Waals surface area (Å²) in [6, 6.07) is 14.0. The second-order valence-electron chi connectivity index (χ2n) is 5.91. The van der Waals surface area contributed by atoms with E-state index in [0.717, 1.165) is 24.5 Å². The lowest BCUT2D eigenvalue weighted by molar-refractivity contribution is 0.0617. The number of halogens is 1. The summed E-state index contributed by atoms with van der Waals surface area (Å²) in [5.41, 5.74) is -0.0605. The van der Waals surface area contributed by atoms with Crippen molar-refractivity contribution in [3.05, 3.63) is 57.8 Å². The van der Waals surface area contributed by atoms with Crippen LogP contribution in [0.15, 0.2) is 47.5 Å². The summed E-state index contributed by atoms with van der Waals surface area (Å²) in [7, 11) is 0. The largest absolute Gasteiger partial charge is 0.384 e. The van der Waals surface area contributed by atoms with Gasteiger partial charge in [-0.25, -0.2) is 4.99 Å². The number of hydrogen-bond donors (Lipinski definition) is 3. The topological polar surface area (TPSA) is 56.7 Å². The van der Waals surface area contributed by atoms with Gasteiger partial charge in [-0.15, -0.1) is 35.3 Å². The minimum atomic E-state index is -0.949. The summed E-state index contributed by atoms with van der Waals surface area (Å²) in [5.74, 6) is 0.722. The number of hydrogen-bond acceptors (Lipinski definition) is 3. The molecule has 0 amide bonds. The highest BCUT2D eigenvalue weighted by atomic mass is 127. The maximum atomic E-state index is 10.7. The van der Waals surface area contributed by atoms with Gasteiger partial charge in [0.05, 0.1) is 13.1 Å². The van der Waals surface area contributed by atoms with Gasteiger partial charge in [0.2, 0.25) is 0 Å². The van der Waals surface area contributed by atoms with Crippen LogP contribution in [-0.2, 0) is 18.6 Å². The smallest absolute Gasteiger partial charge is 0.191 e. The predicted octanol–water partition coefficient (Wildman–Crippen LogP) is 3.89. The third-order valence-corrected chi connectivity index (χ3v) is 5.01. The Morgan fingerprint density at radius 1 is 1.08 bits per heavy atom. The minimum Gasteiger partial charge on any atom is -0.384 e. The van der Waals surface area contributed by atoms with Crippen LogP contribution < -0.4 is 10.6 Å². The molecule has 0 saturated carbocycles. The van der Waals surface area contributed by atoms with Crippen molar-refractivity contribution in [1.29, 1.82) is 0 Å². The zero-order valence-electron chi connectivity index (χ0n) is 15.1. The molecule has 25 heavy (non-hydrogen) atoms. The number of aryl methyl sites for hydroxylation is 1. The van der Waals surface area contributed by atoms with Crippen molar-refractivity contribution < 1.29 is 5.11 Å². The quantitative estimate of drug-likeness (QED) is 0.325. The molecule has 4 nitrogen and oxygen atoms in total. The molecule has 2 aromatic rings. The van der Waals surface area contributed by atoms with Crippen LogP contribution in [-0.4, -0.2) is 24.2 Å². The number of aliphatic imine (C=N–C) groups is 1. The first kappa shape index (κ1) is 21.9. The number of benzene rings is 1. The Balaban J connectivity index is 0.00000312. The van der Waals surface area contributed by atoms with Crippen LogP contribution in [0.3, 0.4) is 0 Å². The number of nitrogens with zero attached hydrogens (tertiary/aromatic N) is 1. The van der Waals surface area contributed by atoms with Crippen LogP contribution >= 0.6 is 35.3 Å². The molecule has 0 aliphatic carbocycles. The van der Waals surface area contributed by atoms with Crippen molar-refractivity contribution in [2.75, 3.05) is 13.1 Å². The molecule has 1 atom stereocenters. The van der Waals surface area contributed by atoms with E-state index in [0.29, 0.717) is 13.1 Å². The van der Waals surface area contributed by atoms with Gasteiger partial charge in [0.1, 0.15) is 5.60 Å². The van der Waals surface area contributed by atoms with E-state index in [2.05, 4.69) is 34.7 Å². The lowest BCUT2D eigenvalue weighted by Crippen LogP contribution is -2.44. The van der Waals surface area contributed by atoms with Gasteiger partial charge in [0, 0.05) is 16.3 Å². The van der Waals surface area contributed by atoms with Gasteiger partial charge in [-0.05, 0) is 38.0 Å². The van der Waals surface area contributed by atoms with Crippen LogP contribution in [0.4, 0.5) is 0 Å². The van der Waals surface area contributed by atoms with Crippen molar-refractivity contribution in [1.82, 2.24) is 10.6 Å². The molecule has 0 radical (unpaired) electrons. The first-order chi connectivity index (χ1) is 11.5. The second-order valence-corrected chi connectivity index (χ2v) is 7.16. The minimum absolute atomic E-state index is 0. The highest BCUT2D eigenvalue weighted by molar-refractivity contribution is 14.0. The molecule has 6 heteroatoms. The zero-order chi connectivity index (χ0) is 17.4. The fraction of sp³-hybridized carbons (Fsp3) is 0.421. The molecule has 1 aromatic heterocycles. The van der Waals surface area contributed by atoms with Crippen molar-refractivity contribution in [2.24, 2.45) is 4.99 Å². The van der Waals surface area contributed by atoms with Crippen LogP contribution in [0.1, 0.15) is 36.1 Å². The number of aliphatic hydroxyl groups is 1. The van der Waals surface area contributed by atoms with Gasteiger partial charge in [0.25, 0.3) is 0 Å². The summed E-state index contributed by atoms with van der Waals surface area (Å²) < 4.78 is 0. The molecule has 0 saturated heterocycles. The van der Waals surface area contributed by atoms with E-state index in [1.165, 1.54) is 9.75 Å². The number of rotatable bonds is 7. The third kappa shape index (κ3) is 6.95. The van der Waals surface area contributed by atoms with E-state index in [1.54, 1.807) is 11.3 Å². The molecule has 0 fully saturated rings. The first-order valence-corrected chi connectivity index (χ1v) is 9.24. The summed E-state index contributed by atoms with van der Waals surface area (Å²) >= 11 is 1.80. The monoisotopic (exact) mass is 473 g/mol. The van der Waals surface area contributed by atoms with Gasteiger partial charge < -0.3 is 15.7 Å². The van der Waals surface area contributed by atoms with E-state index in [-0.39, 0.29) is 24.0 Å². The average Bonchev–Trinajstić information content (AvgIpc) is 3.06. The lowest BCUT2D eigenvalue weighted by atomic mass is 9.96. The van der Waals surface area contributed by atoms with E-state index in [4.69, 9.17) is 0 Å². The lowest BCUT2D eigenvalue weighted by Gasteiger charge is -2.25. The molecule has 1 aromatic carbocycles. The molecule has 138 valence electrons. The van der Waals surface area contributed by atoms with Crippen molar-refractivity contribution >= 4 is 41.3 Å². The molecule has 0 aliphatic heterocycles. The predicted molar refractivity (Wildman–Crippen MR) is 118 cm³/mol. The average molecular weight is 473 g/mol. The summed E-state index contributed by atoms with van der Waals surface area (Å²) in [6.45, 7) is 7.83. The normalized spacial score (nSPS) is 13.7. The highest BCUT2D eigenvalue weighted by Gasteiger charge is 2.22. The number of nitrogens with one attached hydrogen (secondary N) is 2. The Morgan fingerprint density at radius 2 is 1.76 bits per heavy atom. The molecule has 0 aliphatic rings. The van der Waals surface area contributed by atoms with Crippen molar-refractivity contribution in [3.8, 4) is 0 Å². The Hall–Kier alpha value is -1.12. The van der Waals surface area contributed by atoms with Gasteiger partial charge >= 0.3 is 0 Å². The fourth-order valence-electron chi connectivity index (χ4n) is 2.35. The van der Waals surface area contributed by atoms with Crippen molar-refractivity contribution in [3.63, 3.8) is 0 Å². The van der Waals surface area contributed by atoms with E-state index in [1.807, 2.05) is 44.2 Å². The van der Waals surface area contributed by atoms with E-state index >= 15 is 0 Å². The summed E-state index contributed by atoms with van der Waals surface area (Å²) in [5, 5.41) is 17.2. The SMILES string of the molecule is CCNC(=NCc1ccc(CC)s1)NCC(C)(O)c1ccccc1.I. The Labute approximate surface area is 171 Å². The number of thiophene rings is 1. The number of guanidine groups is 1. The van der Waals surface area contributed by atoms with E-state index in [9.17, 15) is 5.11 Å². The molecule has 1 heterocycles. The second kappa shape index (κ2) is 10.8. The first-order valence-electron chi connectivity index (χ1n) is 8.43. The maximum Gasteiger partial charge on any atom is 0.191 e. The third-order valence-electron chi connectivity index (χ3n) is 3.80. The molecule has 1 unspecified atom stereocenters. The Morgan fingerprint density at radius 3 is 2.36 bits per heavy atom. The van der Waals surface area contributed by atoms with Crippen molar-refractivity contribution in [2.45, 2.75) is 39.3 Å². The van der Waals surface area contributed by atoms with E-state index < -0.39 is 5.60 Å². The molecule has 0 spiro atoms. The van der Waals surface area contributed by atoms with Gasteiger partial charge in [0.15, 0.2) is 5.96 Å². The van der Waals surface area contributed by atoms with Crippen LogP contribution in [0.5, 0.6) is 0 Å². The Bertz CT molecular complexity index is 656. The molecule has 2 rings (SSSR count). The summed E-state index contributed by atoms with van der Waals surface area (Å²) in [6.07, 6.45) is 1.06. The van der Waals surface area contributed by atoms with Gasteiger partial charge in [-0.2, -0.15) is 0 Å². The van der Waals surface area contributed by atoms with Gasteiger partial charge in [-0.1, -0.05) is 37.3 Å². The highest BCUT2D eigenvalue weighted by Crippen LogP contribution is 2.19. The summed E-state index contributed by atoms with van der Waals surface area (Å²) in [4.78, 5) is 7.25. The van der Waals surface area contributed by atoms with Crippen LogP contribution in [0, 0.1) is 0 Å². The molecular formula is C19H28IN3OS. The fourth-order valence-corrected chi connectivity index (χ4v) is 3.23. The standard InChI is InChI=1S/C19H27N3OS.HI/c1-4-16-11-12-17(24-16)13-21-18(20-5-2)22-14-19(3,23)15-9-7-6-8-10-15;/h6-12,23H,4-5,13-14H2,1-3H3,(H2,20,21,22);1H. The van der Waals surface area contributed by atoms with Crippen LogP contribution in [0.25, 0.3) is 0 Å². The Kier molecular flexibility index (Phi) is 9.45.